The van der Waals surface area contributed by atoms with Gasteiger partial charge in [0.15, 0.2) is 0 Å². The normalized spacial score (nSPS) is 13.8. The Morgan fingerprint density at radius 1 is 1.43 bits per heavy atom. The smallest absolute Gasteiger partial charge is 0.388 e. The lowest BCUT2D eigenvalue weighted by Gasteiger charge is -2.10. The number of ether oxygens (including phenoxy) is 1. The molecule has 0 rings (SSSR count). The number of esters is 1. The van der Waals surface area contributed by atoms with Crippen LogP contribution in [0.4, 0.5) is 13.2 Å². The number of rotatable bonds is 5. The van der Waals surface area contributed by atoms with Crippen LogP contribution in [0.5, 0.6) is 0 Å². The highest BCUT2D eigenvalue weighted by Gasteiger charge is 2.28. The first-order valence-electron chi connectivity index (χ1n) is 4.57. The van der Waals surface area contributed by atoms with Gasteiger partial charge in [-0.05, 0) is 6.92 Å². The van der Waals surface area contributed by atoms with Crippen LogP contribution >= 0.6 is 0 Å². The number of halogens is 3. The average Bonchev–Trinajstić information content (AvgIpc) is 2.00. The van der Waals surface area contributed by atoms with Crippen molar-refractivity contribution < 1.29 is 22.7 Å². The molecule has 0 amide bonds. The number of carbonyl (C=O) groups is 1. The van der Waals surface area contributed by atoms with Crippen LogP contribution in [-0.4, -0.2) is 27.5 Å². The molecule has 0 radical (unpaired) electrons. The van der Waals surface area contributed by atoms with Crippen LogP contribution < -0.4 is 0 Å². The van der Waals surface area contributed by atoms with Gasteiger partial charge in [0.1, 0.15) is 0 Å². The third-order valence-electron chi connectivity index (χ3n) is 1.74. The van der Waals surface area contributed by atoms with E-state index in [1.54, 1.807) is 13.5 Å². The molecule has 0 aliphatic rings. The minimum atomic E-state index is -4.10. The Kier molecular flexibility index (Phi) is 5.83. The van der Waals surface area contributed by atoms with E-state index in [0.29, 0.717) is 6.61 Å². The van der Waals surface area contributed by atoms with Crippen LogP contribution in [0.2, 0.25) is 18.6 Å². The molecule has 0 fully saturated rings. The van der Waals surface area contributed by atoms with E-state index < -0.39 is 21.4 Å². The molecule has 0 aliphatic heterocycles. The van der Waals surface area contributed by atoms with E-state index in [9.17, 15) is 18.0 Å². The van der Waals surface area contributed by atoms with Crippen LogP contribution in [0.25, 0.3) is 0 Å². The van der Waals surface area contributed by atoms with Crippen molar-refractivity contribution in [3.8, 4) is 0 Å². The molecule has 6 heteroatoms. The van der Waals surface area contributed by atoms with Crippen molar-refractivity contribution in [1.82, 2.24) is 0 Å². The fourth-order valence-corrected chi connectivity index (χ4v) is 2.73. The summed E-state index contributed by atoms with van der Waals surface area (Å²) in [6.45, 7) is 3.72. The molecule has 0 aromatic carbocycles. The fourth-order valence-electron chi connectivity index (χ4n) is 1.02. The average molecular weight is 228 g/mol. The van der Waals surface area contributed by atoms with Gasteiger partial charge in [0.25, 0.3) is 0 Å². The lowest BCUT2D eigenvalue weighted by molar-refractivity contribution is -0.140. The second-order valence-electron chi connectivity index (χ2n) is 3.27. The highest BCUT2D eigenvalue weighted by Crippen LogP contribution is 2.23. The maximum absolute atomic E-state index is 11.8. The predicted molar refractivity (Wildman–Crippen MR) is 49.9 cm³/mol. The van der Waals surface area contributed by atoms with E-state index in [-0.39, 0.29) is 18.1 Å². The highest BCUT2D eigenvalue weighted by atomic mass is 28.3. The van der Waals surface area contributed by atoms with Gasteiger partial charge in [-0.25, -0.2) is 0 Å². The molecule has 14 heavy (non-hydrogen) atoms. The first-order chi connectivity index (χ1) is 6.35. The van der Waals surface area contributed by atoms with Gasteiger partial charge < -0.3 is 4.74 Å². The number of hydrogen-bond acceptors (Lipinski definition) is 2. The predicted octanol–water partition coefficient (Wildman–Crippen LogP) is 2.36. The summed E-state index contributed by atoms with van der Waals surface area (Å²) in [5.74, 6) is -0.367. The van der Waals surface area contributed by atoms with Crippen LogP contribution in [0, 0.1) is 0 Å². The summed E-state index contributed by atoms with van der Waals surface area (Å²) in [7, 11) is -1.59. The van der Waals surface area contributed by atoms with Gasteiger partial charge in [0.2, 0.25) is 0 Å². The third-order valence-corrected chi connectivity index (χ3v) is 4.05. The summed E-state index contributed by atoms with van der Waals surface area (Å²) in [6, 6.07) is 0.312. The van der Waals surface area contributed by atoms with E-state index in [1.807, 2.05) is 0 Å². The van der Waals surface area contributed by atoms with Gasteiger partial charge in [-0.3, -0.25) is 4.79 Å². The summed E-state index contributed by atoms with van der Waals surface area (Å²) in [5, 5.41) is 0. The highest BCUT2D eigenvalue weighted by molar-refractivity contribution is 6.60. The molecule has 0 spiro atoms. The third kappa shape index (κ3) is 8.09. The second-order valence-corrected chi connectivity index (χ2v) is 6.46. The Bertz CT molecular complexity index is 182. The molecular weight excluding hydrogens is 213 g/mol. The Balaban J connectivity index is 3.65. The zero-order chi connectivity index (χ0) is 11.2. The number of alkyl halides is 3. The first-order valence-corrected chi connectivity index (χ1v) is 7.36. The molecular formula is C8H15F3O2Si. The van der Waals surface area contributed by atoms with E-state index in [0.717, 1.165) is 0 Å². The molecule has 84 valence electrons. The van der Waals surface area contributed by atoms with Crippen molar-refractivity contribution in [3.05, 3.63) is 0 Å². The number of hydrogen-bond donors (Lipinski definition) is 0. The van der Waals surface area contributed by atoms with Gasteiger partial charge in [-0.1, -0.05) is 12.6 Å². The zero-order valence-corrected chi connectivity index (χ0v) is 9.51. The van der Waals surface area contributed by atoms with Crippen molar-refractivity contribution >= 4 is 14.8 Å². The van der Waals surface area contributed by atoms with Crippen LogP contribution in [0.1, 0.15) is 13.3 Å². The van der Waals surface area contributed by atoms with Crippen molar-refractivity contribution in [3.63, 3.8) is 0 Å². The minimum absolute atomic E-state index is 0.113. The topological polar surface area (TPSA) is 26.3 Å². The lowest BCUT2D eigenvalue weighted by Crippen LogP contribution is -2.18. The molecule has 1 atom stereocenters. The van der Waals surface area contributed by atoms with E-state index in [4.69, 9.17) is 0 Å². The molecule has 0 saturated heterocycles. The van der Waals surface area contributed by atoms with Crippen molar-refractivity contribution in [2.45, 2.75) is 38.2 Å². The molecule has 0 aromatic heterocycles. The van der Waals surface area contributed by atoms with Crippen LogP contribution in [0.3, 0.4) is 0 Å². The molecule has 0 saturated carbocycles. The zero-order valence-electron chi connectivity index (χ0n) is 8.36. The molecule has 2 nitrogen and oxygen atoms in total. The summed E-state index contributed by atoms with van der Waals surface area (Å²) in [5.41, 5.74) is 0. The fraction of sp³-hybridized carbons (Fsp3) is 0.875. The quantitative estimate of drug-likeness (QED) is 0.533. The summed E-state index contributed by atoms with van der Waals surface area (Å²) in [4.78, 5) is 10.9. The second kappa shape index (κ2) is 6.05. The molecule has 0 heterocycles. The van der Waals surface area contributed by atoms with Gasteiger partial charge in [-0.15, -0.1) is 0 Å². The van der Waals surface area contributed by atoms with E-state index >= 15 is 0 Å². The standard InChI is InChI=1S/C8H15F3O2Si/c1-3-13-7(12)6-14(2)5-4-8(9,10)11/h14H,3-6H2,1-2H3. The SMILES string of the molecule is CCOC(=O)C[SiH](C)CCC(F)(F)F. The maximum Gasteiger partial charge on any atom is 0.388 e. The molecule has 0 aromatic rings. The minimum Gasteiger partial charge on any atom is -0.466 e. The largest absolute Gasteiger partial charge is 0.466 e. The van der Waals surface area contributed by atoms with Crippen molar-refractivity contribution in [1.29, 1.82) is 0 Å². The van der Waals surface area contributed by atoms with Crippen LogP contribution in [0.15, 0.2) is 0 Å². The van der Waals surface area contributed by atoms with Crippen molar-refractivity contribution in [2.24, 2.45) is 0 Å². The van der Waals surface area contributed by atoms with Crippen LogP contribution in [-0.2, 0) is 9.53 Å². The molecule has 0 N–H and O–H groups in total. The monoisotopic (exact) mass is 228 g/mol. The Hall–Kier alpha value is -0.523. The summed E-state index contributed by atoms with van der Waals surface area (Å²) in [6.07, 6.45) is -4.88. The Morgan fingerprint density at radius 3 is 2.43 bits per heavy atom. The van der Waals surface area contributed by atoms with Gasteiger partial charge in [-0.2, -0.15) is 13.2 Å². The molecule has 0 bridgehead atoms. The number of carbonyl (C=O) groups excluding carboxylic acids is 1. The molecule has 1 unspecified atom stereocenters. The summed E-state index contributed by atoms with van der Waals surface area (Å²) >= 11 is 0. The van der Waals surface area contributed by atoms with E-state index in [1.165, 1.54) is 0 Å². The van der Waals surface area contributed by atoms with Gasteiger partial charge in [0.05, 0.1) is 6.61 Å². The molecule has 0 aliphatic carbocycles. The lowest BCUT2D eigenvalue weighted by atomic mass is 10.5. The maximum atomic E-state index is 11.8. The Labute approximate surface area is 83.0 Å². The van der Waals surface area contributed by atoms with Crippen molar-refractivity contribution in [2.75, 3.05) is 6.61 Å². The van der Waals surface area contributed by atoms with Gasteiger partial charge in [0, 0.05) is 21.3 Å². The summed E-state index contributed by atoms with van der Waals surface area (Å²) < 4.78 is 40.1. The Morgan fingerprint density at radius 2 is 2.00 bits per heavy atom. The van der Waals surface area contributed by atoms with Gasteiger partial charge >= 0.3 is 12.1 Å². The van der Waals surface area contributed by atoms with E-state index in [2.05, 4.69) is 4.74 Å². The first kappa shape index (κ1) is 13.5.